The number of hydrogen-bond donors (Lipinski definition) is 2. The Bertz CT molecular complexity index is 1410. The Labute approximate surface area is 213 Å². The molecule has 0 bridgehead atoms. The summed E-state index contributed by atoms with van der Waals surface area (Å²) in [4.78, 5) is 24.7. The van der Waals surface area contributed by atoms with Gasteiger partial charge in [-0.25, -0.2) is 0 Å². The molecule has 3 aromatic carbocycles. The van der Waals surface area contributed by atoms with Crippen LogP contribution in [0.15, 0.2) is 54.6 Å². The van der Waals surface area contributed by atoms with Gasteiger partial charge in [-0.15, -0.1) is 13.2 Å². The topological polar surface area (TPSA) is 85.9 Å². The fourth-order valence-electron chi connectivity index (χ4n) is 4.42. The van der Waals surface area contributed by atoms with Gasteiger partial charge in [-0.2, -0.15) is 0 Å². The van der Waals surface area contributed by atoms with Gasteiger partial charge in [-0.1, -0.05) is 18.2 Å². The number of anilines is 2. The molecular formula is C27H27F3N2O5. The van der Waals surface area contributed by atoms with Crippen LogP contribution >= 0.6 is 0 Å². The molecule has 0 saturated heterocycles. The molecule has 196 valence electrons. The lowest BCUT2D eigenvalue weighted by atomic mass is 9.94. The number of aryl methyl sites for hydroxylation is 1. The van der Waals surface area contributed by atoms with E-state index in [0.29, 0.717) is 41.2 Å². The SMILES string of the molecule is CC(=O)Nc1ccc(-c2cc(NC(=O)C3(c4ccc5c(c4)OCO5)CC3)ccc2C)cc1OC(F)(F)F.[HH].[HH]. The zero-order valence-electron chi connectivity index (χ0n) is 20.0. The van der Waals surface area contributed by atoms with Gasteiger partial charge in [0.25, 0.3) is 0 Å². The number of benzene rings is 3. The van der Waals surface area contributed by atoms with Crippen molar-refractivity contribution in [2.24, 2.45) is 0 Å². The predicted octanol–water partition coefficient (Wildman–Crippen LogP) is 6.41. The molecule has 10 heteroatoms. The van der Waals surface area contributed by atoms with Crippen LogP contribution in [0, 0.1) is 6.92 Å². The van der Waals surface area contributed by atoms with E-state index in [9.17, 15) is 22.8 Å². The van der Waals surface area contributed by atoms with E-state index in [2.05, 4.69) is 15.4 Å². The van der Waals surface area contributed by atoms with E-state index < -0.39 is 23.4 Å². The van der Waals surface area contributed by atoms with E-state index in [-0.39, 0.29) is 21.2 Å². The van der Waals surface area contributed by atoms with Gasteiger partial charge in [-0.3, -0.25) is 9.59 Å². The Morgan fingerprint density at radius 2 is 1.73 bits per heavy atom. The Balaban J connectivity index is 0.00000210. The van der Waals surface area contributed by atoms with Crippen molar-refractivity contribution in [3.05, 3.63) is 65.7 Å². The number of nitrogens with one attached hydrogen (secondary N) is 2. The Kier molecular flexibility index (Phi) is 5.97. The van der Waals surface area contributed by atoms with Crippen molar-refractivity contribution >= 4 is 23.2 Å². The van der Waals surface area contributed by atoms with Gasteiger partial charge in [0.15, 0.2) is 17.2 Å². The third-order valence-corrected chi connectivity index (χ3v) is 6.43. The number of alkyl halides is 3. The van der Waals surface area contributed by atoms with Crippen molar-refractivity contribution in [2.45, 2.75) is 38.5 Å². The number of carbonyl (C=O) groups excluding carboxylic acids is 2. The molecule has 2 aliphatic rings. The standard InChI is InChI=1S/C27H23F3N2O5.2H2/c1-15-3-6-19(32-25(34)26(9-10-26)18-5-8-22-24(12-18)36-14-35-22)13-20(15)17-4-7-21(31-16(2)33)23(11-17)37-27(28,29)30;;/h3-8,11-13H,9-10,14H2,1-2H3,(H,31,33)(H,32,34);2*1H. The summed E-state index contributed by atoms with van der Waals surface area (Å²) >= 11 is 0. The number of carbonyl (C=O) groups is 2. The second-order valence-electron chi connectivity index (χ2n) is 9.07. The van der Waals surface area contributed by atoms with Crippen LogP contribution in [0.25, 0.3) is 11.1 Å². The minimum atomic E-state index is -4.94. The molecule has 1 fully saturated rings. The summed E-state index contributed by atoms with van der Waals surface area (Å²) in [5.74, 6) is 0.00416. The monoisotopic (exact) mass is 516 g/mol. The summed E-state index contributed by atoms with van der Waals surface area (Å²) in [5, 5.41) is 5.30. The van der Waals surface area contributed by atoms with Crippen LogP contribution < -0.4 is 24.8 Å². The summed E-state index contributed by atoms with van der Waals surface area (Å²) in [6, 6.07) is 14.8. The lowest BCUT2D eigenvalue weighted by Crippen LogP contribution is -2.27. The molecule has 0 spiro atoms. The molecule has 0 radical (unpaired) electrons. The highest BCUT2D eigenvalue weighted by Gasteiger charge is 2.51. The van der Waals surface area contributed by atoms with Gasteiger partial charge in [0, 0.05) is 15.5 Å². The van der Waals surface area contributed by atoms with Gasteiger partial charge >= 0.3 is 6.36 Å². The highest BCUT2D eigenvalue weighted by molar-refractivity contribution is 6.02. The molecule has 5 rings (SSSR count). The highest BCUT2D eigenvalue weighted by Crippen LogP contribution is 2.51. The molecule has 3 aromatic rings. The largest absolute Gasteiger partial charge is 0.573 e. The van der Waals surface area contributed by atoms with Crippen LogP contribution in [0.5, 0.6) is 17.2 Å². The van der Waals surface area contributed by atoms with Crippen molar-refractivity contribution in [3.8, 4) is 28.4 Å². The first-order valence-corrected chi connectivity index (χ1v) is 11.5. The number of halogens is 3. The third kappa shape index (κ3) is 5.04. The van der Waals surface area contributed by atoms with E-state index >= 15 is 0 Å². The molecule has 0 atom stereocenters. The molecule has 0 aromatic heterocycles. The second kappa shape index (κ2) is 9.02. The highest BCUT2D eigenvalue weighted by atomic mass is 19.4. The fourth-order valence-corrected chi connectivity index (χ4v) is 4.42. The van der Waals surface area contributed by atoms with E-state index in [4.69, 9.17) is 9.47 Å². The van der Waals surface area contributed by atoms with Crippen LogP contribution in [0.3, 0.4) is 0 Å². The first kappa shape index (κ1) is 24.5. The zero-order valence-corrected chi connectivity index (χ0v) is 20.0. The molecule has 7 nitrogen and oxygen atoms in total. The summed E-state index contributed by atoms with van der Waals surface area (Å²) in [5.41, 5.74) is 2.37. The number of hydrogen-bond acceptors (Lipinski definition) is 5. The average Bonchev–Trinajstić information content (AvgIpc) is 3.51. The molecule has 1 saturated carbocycles. The average molecular weight is 517 g/mol. The van der Waals surface area contributed by atoms with Crippen molar-refractivity contribution < 1.29 is 39.8 Å². The maximum Gasteiger partial charge on any atom is 0.573 e. The smallest absolute Gasteiger partial charge is 0.454 e. The van der Waals surface area contributed by atoms with E-state index in [1.165, 1.54) is 19.1 Å². The Morgan fingerprint density at radius 3 is 2.43 bits per heavy atom. The van der Waals surface area contributed by atoms with E-state index in [0.717, 1.165) is 11.1 Å². The maximum atomic E-state index is 13.3. The van der Waals surface area contributed by atoms with Gasteiger partial charge in [0.2, 0.25) is 18.6 Å². The van der Waals surface area contributed by atoms with Crippen LogP contribution in [-0.4, -0.2) is 25.0 Å². The van der Waals surface area contributed by atoms with Gasteiger partial charge in [0.1, 0.15) is 0 Å². The number of amides is 2. The summed E-state index contributed by atoms with van der Waals surface area (Å²) < 4.78 is 54.0. The quantitative estimate of drug-likeness (QED) is 0.396. The second-order valence-corrected chi connectivity index (χ2v) is 9.07. The molecular weight excluding hydrogens is 489 g/mol. The van der Waals surface area contributed by atoms with Crippen molar-refractivity contribution in [1.29, 1.82) is 0 Å². The minimum Gasteiger partial charge on any atom is -0.454 e. The predicted molar refractivity (Wildman–Crippen MR) is 134 cm³/mol. The maximum absolute atomic E-state index is 13.3. The molecule has 1 aliphatic carbocycles. The van der Waals surface area contributed by atoms with Gasteiger partial charge in [-0.05, 0) is 78.4 Å². The number of fused-ring (bicyclic) bond motifs is 1. The Morgan fingerprint density at radius 1 is 0.973 bits per heavy atom. The molecule has 1 aliphatic heterocycles. The number of ether oxygens (including phenoxy) is 3. The van der Waals surface area contributed by atoms with Crippen molar-refractivity contribution in [3.63, 3.8) is 0 Å². The zero-order chi connectivity index (χ0) is 26.4. The molecule has 2 N–H and O–H groups in total. The van der Waals surface area contributed by atoms with Crippen molar-refractivity contribution in [1.82, 2.24) is 0 Å². The lowest BCUT2D eigenvalue weighted by Gasteiger charge is -2.18. The summed E-state index contributed by atoms with van der Waals surface area (Å²) in [6.45, 7) is 3.14. The van der Waals surface area contributed by atoms with E-state index in [1.807, 2.05) is 19.1 Å². The van der Waals surface area contributed by atoms with Crippen LogP contribution in [-0.2, 0) is 15.0 Å². The molecule has 1 heterocycles. The fraction of sp³-hybridized carbons (Fsp3) is 0.259. The van der Waals surface area contributed by atoms with Crippen LogP contribution in [0.4, 0.5) is 24.5 Å². The van der Waals surface area contributed by atoms with E-state index in [1.54, 1.807) is 30.3 Å². The molecule has 2 amide bonds. The third-order valence-electron chi connectivity index (χ3n) is 6.43. The number of rotatable bonds is 6. The first-order valence-electron chi connectivity index (χ1n) is 11.5. The summed E-state index contributed by atoms with van der Waals surface area (Å²) in [6.07, 6.45) is -3.58. The normalized spacial score (nSPS) is 15.2. The minimum absolute atomic E-state index is 0. The van der Waals surface area contributed by atoms with Crippen molar-refractivity contribution in [2.75, 3.05) is 17.4 Å². The van der Waals surface area contributed by atoms with Gasteiger partial charge in [0.05, 0.1) is 11.1 Å². The van der Waals surface area contributed by atoms with Crippen LogP contribution in [0.1, 0.15) is 33.7 Å². The Hall–Kier alpha value is -4.21. The molecule has 37 heavy (non-hydrogen) atoms. The van der Waals surface area contributed by atoms with Crippen LogP contribution in [0.2, 0.25) is 0 Å². The lowest BCUT2D eigenvalue weighted by molar-refractivity contribution is -0.274. The summed E-state index contributed by atoms with van der Waals surface area (Å²) in [7, 11) is 0. The first-order chi connectivity index (χ1) is 17.5. The van der Waals surface area contributed by atoms with Gasteiger partial charge < -0.3 is 24.8 Å². The molecule has 0 unspecified atom stereocenters.